The summed E-state index contributed by atoms with van der Waals surface area (Å²) < 4.78 is 13.5. The second-order valence-electron chi connectivity index (χ2n) is 6.38. The van der Waals surface area contributed by atoms with E-state index in [1.807, 2.05) is 7.05 Å². The number of thiazole rings is 1. The van der Waals surface area contributed by atoms with Gasteiger partial charge in [-0.05, 0) is 43.5 Å². The first-order chi connectivity index (χ1) is 9.89. The summed E-state index contributed by atoms with van der Waals surface area (Å²) >= 11 is 1.61. The lowest BCUT2D eigenvalue weighted by Crippen LogP contribution is -2.30. The van der Waals surface area contributed by atoms with Gasteiger partial charge in [0.25, 0.3) is 0 Å². The maximum Gasteiger partial charge on any atom is 0.165 e. The van der Waals surface area contributed by atoms with Crippen LogP contribution in [0.3, 0.4) is 0 Å². The molecule has 1 atom stereocenters. The smallest absolute Gasteiger partial charge is 0.165 e. The zero-order valence-corrected chi connectivity index (χ0v) is 13.2. The van der Waals surface area contributed by atoms with Gasteiger partial charge in [0.05, 0.1) is 5.69 Å². The predicted molar refractivity (Wildman–Crippen MR) is 83.1 cm³/mol. The topological polar surface area (TPSA) is 45.2 Å². The summed E-state index contributed by atoms with van der Waals surface area (Å²) in [7, 11) is 1.97. The third-order valence-corrected chi connectivity index (χ3v) is 5.25. The van der Waals surface area contributed by atoms with Crippen molar-refractivity contribution in [2.45, 2.75) is 32.7 Å². The maximum absolute atomic E-state index is 13.5. The molecule has 2 aromatic rings. The molecule has 0 saturated heterocycles. The van der Waals surface area contributed by atoms with E-state index >= 15 is 0 Å². The number of nitrogens with one attached hydrogen (secondary N) is 1. The standard InChI is InChI=1S/C16H19FN2OS/c1-16(2)7-11(18-3)14-12(8-16)19-15(21-14)9-4-5-13(20)10(17)6-9/h4-6,11,18,20H,7-8H2,1-3H3. The van der Waals surface area contributed by atoms with Crippen molar-refractivity contribution in [3.63, 3.8) is 0 Å². The van der Waals surface area contributed by atoms with Crippen molar-refractivity contribution in [2.24, 2.45) is 5.41 Å². The summed E-state index contributed by atoms with van der Waals surface area (Å²) in [4.78, 5) is 5.97. The molecule has 0 spiro atoms. The Morgan fingerprint density at radius 1 is 1.43 bits per heavy atom. The summed E-state index contributed by atoms with van der Waals surface area (Å²) in [6.45, 7) is 4.50. The van der Waals surface area contributed by atoms with Gasteiger partial charge in [-0.1, -0.05) is 13.8 Å². The van der Waals surface area contributed by atoms with Gasteiger partial charge in [0.15, 0.2) is 11.6 Å². The van der Waals surface area contributed by atoms with E-state index in [9.17, 15) is 9.50 Å². The monoisotopic (exact) mass is 306 g/mol. The number of rotatable bonds is 2. The van der Waals surface area contributed by atoms with Crippen LogP contribution in [0.25, 0.3) is 10.6 Å². The van der Waals surface area contributed by atoms with Gasteiger partial charge in [0, 0.05) is 16.5 Å². The van der Waals surface area contributed by atoms with Crippen LogP contribution in [0.5, 0.6) is 5.75 Å². The Labute approximate surface area is 127 Å². The van der Waals surface area contributed by atoms with Crippen molar-refractivity contribution in [1.29, 1.82) is 0 Å². The number of fused-ring (bicyclic) bond motifs is 1. The molecule has 0 bridgehead atoms. The molecular formula is C16H19FN2OS. The molecule has 0 aliphatic heterocycles. The number of phenols is 1. The molecule has 5 heteroatoms. The number of benzene rings is 1. The van der Waals surface area contributed by atoms with Crippen molar-refractivity contribution in [3.05, 3.63) is 34.6 Å². The van der Waals surface area contributed by atoms with Crippen LogP contribution in [0.1, 0.15) is 36.9 Å². The van der Waals surface area contributed by atoms with Gasteiger partial charge in [-0.15, -0.1) is 11.3 Å². The number of nitrogens with zero attached hydrogens (tertiary/aromatic N) is 1. The van der Waals surface area contributed by atoms with Crippen molar-refractivity contribution in [3.8, 4) is 16.3 Å². The van der Waals surface area contributed by atoms with Gasteiger partial charge in [-0.2, -0.15) is 0 Å². The molecule has 3 rings (SSSR count). The van der Waals surface area contributed by atoms with Gasteiger partial charge in [-0.3, -0.25) is 0 Å². The van der Waals surface area contributed by atoms with Crippen LogP contribution in [0.2, 0.25) is 0 Å². The van der Waals surface area contributed by atoms with E-state index in [1.54, 1.807) is 17.4 Å². The fourth-order valence-electron chi connectivity index (χ4n) is 2.93. The second kappa shape index (κ2) is 5.07. The van der Waals surface area contributed by atoms with Crippen LogP contribution >= 0.6 is 11.3 Å². The summed E-state index contributed by atoms with van der Waals surface area (Å²) in [6.07, 6.45) is 2.01. The number of aromatic nitrogens is 1. The van der Waals surface area contributed by atoms with Crippen molar-refractivity contribution >= 4 is 11.3 Å². The molecule has 0 radical (unpaired) electrons. The molecule has 0 amide bonds. The van der Waals surface area contributed by atoms with Gasteiger partial charge >= 0.3 is 0 Å². The lowest BCUT2D eigenvalue weighted by atomic mass is 9.76. The summed E-state index contributed by atoms with van der Waals surface area (Å²) in [5.74, 6) is -0.930. The Morgan fingerprint density at radius 3 is 2.86 bits per heavy atom. The van der Waals surface area contributed by atoms with E-state index in [0.29, 0.717) is 6.04 Å². The minimum absolute atomic E-state index is 0.215. The summed E-state index contributed by atoms with van der Waals surface area (Å²) in [6, 6.07) is 4.74. The molecule has 0 saturated carbocycles. The largest absolute Gasteiger partial charge is 0.505 e. The number of phenolic OH excluding ortho intramolecular Hbond substituents is 1. The minimum Gasteiger partial charge on any atom is -0.505 e. The molecule has 3 nitrogen and oxygen atoms in total. The fraction of sp³-hybridized carbons (Fsp3) is 0.438. The van der Waals surface area contributed by atoms with E-state index in [4.69, 9.17) is 4.98 Å². The average Bonchev–Trinajstić information content (AvgIpc) is 2.83. The van der Waals surface area contributed by atoms with Crippen LogP contribution in [0.15, 0.2) is 18.2 Å². The van der Waals surface area contributed by atoms with Crippen LogP contribution in [0, 0.1) is 11.2 Å². The lowest BCUT2D eigenvalue weighted by Gasteiger charge is -2.34. The molecule has 0 fully saturated rings. The van der Waals surface area contributed by atoms with Crippen molar-refractivity contribution in [2.75, 3.05) is 7.05 Å². The molecule has 1 aliphatic rings. The average molecular weight is 306 g/mol. The third kappa shape index (κ3) is 2.68. The summed E-state index contributed by atoms with van der Waals surface area (Å²) in [5, 5.41) is 13.5. The molecule has 1 aliphatic carbocycles. The first-order valence-corrected chi connectivity index (χ1v) is 7.87. The second-order valence-corrected chi connectivity index (χ2v) is 7.41. The highest BCUT2D eigenvalue weighted by Gasteiger charge is 2.34. The van der Waals surface area contributed by atoms with Crippen LogP contribution in [-0.2, 0) is 6.42 Å². The first kappa shape index (κ1) is 14.5. The molecule has 1 aromatic heterocycles. The molecule has 1 heterocycles. The SMILES string of the molecule is CNC1CC(C)(C)Cc2nc(-c3ccc(O)c(F)c3)sc21. The van der Waals surface area contributed by atoms with Crippen LogP contribution in [0.4, 0.5) is 4.39 Å². The minimum atomic E-state index is -0.605. The normalized spacial score (nSPS) is 20.3. The highest BCUT2D eigenvalue weighted by Crippen LogP contribution is 2.44. The molecular weight excluding hydrogens is 287 g/mol. The Bertz CT molecular complexity index is 681. The first-order valence-electron chi connectivity index (χ1n) is 7.05. The van der Waals surface area contributed by atoms with E-state index in [0.717, 1.165) is 29.1 Å². The molecule has 21 heavy (non-hydrogen) atoms. The number of hydrogen-bond donors (Lipinski definition) is 2. The molecule has 1 unspecified atom stereocenters. The van der Waals surface area contributed by atoms with Crippen LogP contribution < -0.4 is 5.32 Å². The van der Waals surface area contributed by atoms with Gasteiger partial charge in [0.1, 0.15) is 5.01 Å². The Morgan fingerprint density at radius 2 is 2.19 bits per heavy atom. The Kier molecular flexibility index (Phi) is 3.50. The van der Waals surface area contributed by atoms with E-state index in [-0.39, 0.29) is 11.2 Å². The molecule has 112 valence electrons. The van der Waals surface area contributed by atoms with Gasteiger partial charge in [0.2, 0.25) is 0 Å². The number of aromatic hydroxyl groups is 1. The van der Waals surface area contributed by atoms with Crippen molar-refractivity contribution < 1.29 is 9.50 Å². The zero-order valence-electron chi connectivity index (χ0n) is 12.4. The Hall–Kier alpha value is -1.46. The molecule has 2 N–H and O–H groups in total. The van der Waals surface area contributed by atoms with E-state index < -0.39 is 5.82 Å². The van der Waals surface area contributed by atoms with Gasteiger partial charge in [-0.25, -0.2) is 9.37 Å². The highest BCUT2D eigenvalue weighted by molar-refractivity contribution is 7.15. The predicted octanol–water partition coefficient (Wildman–Crippen LogP) is 3.89. The van der Waals surface area contributed by atoms with E-state index in [1.165, 1.54) is 17.0 Å². The highest BCUT2D eigenvalue weighted by atomic mass is 32.1. The van der Waals surface area contributed by atoms with Gasteiger partial charge < -0.3 is 10.4 Å². The lowest BCUT2D eigenvalue weighted by molar-refractivity contribution is 0.265. The molecule has 1 aromatic carbocycles. The summed E-state index contributed by atoms with van der Waals surface area (Å²) in [5.41, 5.74) is 2.04. The third-order valence-electron chi connectivity index (χ3n) is 3.99. The zero-order chi connectivity index (χ0) is 15.2. The fourth-order valence-corrected chi connectivity index (χ4v) is 4.12. The number of hydrogen-bond acceptors (Lipinski definition) is 4. The number of halogens is 1. The maximum atomic E-state index is 13.5. The van der Waals surface area contributed by atoms with Crippen LogP contribution in [-0.4, -0.2) is 17.1 Å². The van der Waals surface area contributed by atoms with Crippen molar-refractivity contribution in [1.82, 2.24) is 10.3 Å². The quantitative estimate of drug-likeness (QED) is 0.885. The van der Waals surface area contributed by atoms with E-state index in [2.05, 4.69) is 19.2 Å². The Balaban J connectivity index is 2.04.